The third-order valence-corrected chi connectivity index (χ3v) is 2.71. The van der Waals surface area contributed by atoms with E-state index in [-0.39, 0.29) is 0 Å². The fourth-order valence-electron chi connectivity index (χ4n) is 0.452. The summed E-state index contributed by atoms with van der Waals surface area (Å²) in [7, 11) is 0. The number of hydrogen-bond acceptors (Lipinski definition) is 3. The molecule has 3 heteroatoms. The van der Waals surface area contributed by atoms with Gasteiger partial charge in [-0.2, -0.15) is 0 Å². The van der Waals surface area contributed by atoms with Gasteiger partial charge in [-0.15, -0.1) is 11.3 Å². The maximum Gasteiger partial charge on any atom is 0.0902 e. The van der Waals surface area contributed by atoms with Crippen molar-refractivity contribution < 1.29 is 4.55 Å². The molecule has 0 aliphatic carbocycles. The smallest absolute Gasteiger partial charge is 0.0902 e. The summed E-state index contributed by atoms with van der Waals surface area (Å²) in [6.07, 6.45) is 0. The SMILES string of the molecule is Cc1ccsc1SO. The van der Waals surface area contributed by atoms with Gasteiger partial charge in [0.05, 0.1) is 4.21 Å². The molecule has 0 aliphatic heterocycles. The van der Waals surface area contributed by atoms with Gasteiger partial charge in [0.15, 0.2) is 0 Å². The maximum absolute atomic E-state index is 8.53. The molecule has 0 saturated carbocycles. The number of aryl methyl sites for hydroxylation is 1. The van der Waals surface area contributed by atoms with Crippen molar-refractivity contribution in [3.63, 3.8) is 0 Å². The molecular formula is C5H6OS2. The lowest BCUT2D eigenvalue weighted by molar-refractivity contribution is 0.665. The molecule has 1 heterocycles. The van der Waals surface area contributed by atoms with E-state index < -0.39 is 0 Å². The quantitative estimate of drug-likeness (QED) is 0.614. The Hall–Kier alpha value is 0.01000. The summed E-state index contributed by atoms with van der Waals surface area (Å²) in [4.78, 5) is 0. The van der Waals surface area contributed by atoms with E-state index >= 15 is 0 Å². The van der Waals surface area contributed by atoms with Gasteiger partial charge in [0.1, 0.15) is 0 Å². The topological polar surface area (TPSA) is 20.2 Å². The molecule has 1 nitrogen and oxygen atoms in total. The summed E-state index contributed by atoms with van der Waals surface area (Å²) < 4.78 is 9.53. The molecule has 0 spiro atoms. The summed E-state index contributed by atoms with van der Waals surface area (Å²) in [5.74, 6) is 0. The number of rotatable bonds is 1. The molecule has 0 atom stereocenters. The van der Waals surface area contributed by atoms with Crippen molar-refractivity contribution in [1.29, 1.82) is 0 Å². The molecule has 0 fully saturated rings. The van der Waals surface area contributed by atoms with Gasteiger partial charge in [-0.25, -0.2) is 0 Å². The zero-order valence-electron chi connectivity index (χ0n) is 4.42. The first-order chi connectivity index (χ1) is 3.84. The molecular weight excluding hydrogens is 140 g/mol. The lowest BCUT2D eigenvalue weighted by atomic mass is 10.4. The second-order valence-corrected chi connectivity index (χ2v) is 3.25. The second-order valence-electron chi connectivity index (χ2n) is 1.48. The standard InChI is InChI=1S/C5H6OS2/c1-4-2-3-7-5(4)8-6/h2-3,6H,1H3. The fraction of sp³-hybridized carbons (Fsp3) is 0.200. The highest BCUT2D eigenvalue weighted by Crippen LogP contribution is 2.24. The minimum absolute atomic E-state index is 0.821. The van der Waals surface area contributed by atoms with Crippen LogP contribution in [0.25, 0.3) is 0 Å². The lowest BCUT2D eigenvalue weighted by Gasteiger charge is -1.85. The van der Waals surface area contributed by atoms with Crippen LogP contribution in [0.2, 0.25) is 0 Å². The van der Waals surface area contributed by atoms with E-state index in [4.69, 9.17) is 4.55 Å². The van der Waals surface area contributed by atoms with Gasteiger partial charge >= 0.3 is 0 Å². The third kappa shape index (κ3) is 1.05. The zero-order valence-corrected chi connectivity index (χ0v) is 6.05. The van der Waals surface area contributed by atoms with Crippen LogP contribution < -0.4 is 0 Å². The highest BCUT2D eigenvalue weighted by atomic mass is 32.2. The molecule has 0 saturated heterocycles. The highest BCUT2D eigenvalue weighted by molar-refractivity contribution is 7.95. The van der Waals surface area contributed by atoms with Crippen molar-refractivity contribution >= 4 is 23.4 Å². The maximum atomic E-state index is 8.53. The summed E-state index contributed by atoms with van der Waals surface area (Å²) in [6.45, 7) is 1.98. The van der Waals surface area contributed by atoms with Crippen molar-refractivity contribution in [3.05, 3.63) is 17.0 Å². The van der Waals surface area contributed by atoms with Gasteiger partial charge in [0.25, 0.3) is 0 Å². The van der Waals surface area contributed by atoms with Crippen molar-refractivity contribution in [1.82, 2.24) is 0 Å². The molecule has 0 unspecified atom stereocenters. The van der Waals surface area contributed by atoms with Gasteiger partial charge in [-0.1, -0.05) is 0 Å². The van der Waals surface area contributed by atoms with Crippen molar-refractivity contribution in [2.45, 2.75) is 11.1 Å². The van der Waals surface area contributed by atoms with Gasteiger partial charge in [-0.3, -0.25) is 0 Å². The van der Waals surface area contributed by atoms with Gasteiger partial charge in [0, 0.05) is 12.0 Å². The van der Waals surface area contributed by atoms with Crippen molar-refractivity contribution in [2.24, 2.45) is 0 Å². The van der Waals surface area contributed by atoms with E-state index in [1.54, 1.807) is 11.3 Å². The molecule has 0 bridgehead atoms. The van der Waals surface area contributed by atoms with Crippen LogP contribution in [0.4, 0.5) is 0 Å². The van der Waals surface area contributed by atoms with Crippen LogP contribution in [0, 0.1) is 6.92 Å². The van der Waals surface area contributed by atoms with Crippen LogP contribution in [-0.4, -0.2) is 4.55 Å². The average Bonchev–Trinajstić information content (AvgIpc) is 2.14. The van der Waals surface area contributed by atoms with Crippen LogP contribution in [0.1, 0.15) is 5.56 Å². The average molecular weight is 146 g/mol. The molecule has 1 N–H and O–H groups in total. The third-order valence-electron chi connectivity index (χ3n) is 0.898. The molecule has 0 aliphatic rings. The van der Waals surface area contributed by atoms with E-state index in [0.717, 1.165) is 21.8 Å². The van der Waals surface area contributed by atoms with E-state index in [2.05, 4.69) is 0 Å². The van der Waals surface area contributed by atoms with E-state index in [9.17, 15) is 0 Å². The van der Waals surface area contributed by atoms with E-state index in [1.807, 2.05) is 18.4 Å². The zero-order chi connectivity index (χ0) is 5.98. The van der Waals surface area contributed by atoms with Crippen LogP contribution in [0.5, 0.6) is 0 Å². The summed E-state index contributed by atoms with van der Waals surface area (Å²) >= 11 is 2.38. The molecule has 8 heavy (non-hydrogen) atoms. The monoisotopic (exact) mass is 146 g/mol. The molecule has 1 aromatic heterocycles. The summed E-state index contributed by atoms with van der Waals surface area (Å²) in [5, 5.41) is 1.97. The van der Waals surface area contributed by atoms with Crippen LogP contribution in [0.15, 0.2) is 15.7 Å². The minimum atomic E-state index is 0.821. The molecule has 0 amide bonds. The number of hydrogen-bond donors (Lipinski definition) is 1. The van der Waals surface area contributed by atoms with Gasteiger partial charge < -0.3 is 4.55 Å². The predicted molar refractivity (Wildman–Crippen MR) is 37.5 cm³/mol. The second kappa shape index (κ2) is 2.53. The van der Waals surface area contributed by atoms with Gasteiger partial charge in [-0.05, 0) is 23.9 Å². The van der Waals surface area contributed by atoms with Gasteiger partial charge in [0.2, 0.25) is 0 Å². The van der Waals surface area contributed by atoms with E-state index in [1.165, 1.54) is 0 Å². The molecule has 1 rings (SSSR count). The van der Waals surface area contributed by atoms with E-state index in [0.29, 0.717) is 0 Å². The minimum Gasteiger partial charge on any atom is -0.325 e. The Balaban J connectivity index is 2.92. The molecule has 1 aromatic rings. The highest BCUT2D eigenvalue weighted by Gasteiger charge is 1.95. The van der Waals surface area contributed by atoms with Crippen molar-refractivity contribution in [3.8, 4) is 0 Å². The number of thiophene rings is 1. The van der Waals surface area contributed by atoms with Crippen LogP contribution in [0.3, 0.4) is 0 Å². The molecule has 44 valence electrons. The predicted octanol–water partition coefficient (Wildman–Crippen LogP) is 2.62. The first kappa shape index (κ1) is 6.13. The lowest BCUT2D eigenvalue weighted by Crippen LogP contribution is -1.62. The molecule has 0 radical (unpaired) electrons. The first-order valence-corrected chi connectivity index (χ1v) is 3.85. The normalized spacial score (nSPS) is 9.75. The Morgan fingerprint density at radius 2 is 2.50 bits per heavy atom. The Bertz CT molecular complexity index is 171. The Kier molecular flexibility index (Phi) is 1.94. The summed E-state index contributed by atoms with van der Waals surface area (Å²) in [6, 6.07) is 1.99. The van der Waals surface area contributed by atoms with Crippen LogP contribution >= 0.6 is 23.4 Å². The first-order valence-electron chi connectivity index (χ1n) is 2.20. The largest absolute Gasteiger partial charge is 0.325 e. The summed E-state index contributed by atoms with van der Waals surface area (Å²) in [5.41, 5.74) is 1.16. The molecule has 0 aromatic carbocycles. The Morgan fingerprint density at radius 1 is 1.75 bits per heavy atom. The van der Waals surface area contributed by atoms with Crippen molar-refractivity contribution in [2.75, 3.05) is 0 Å². The Morgan fingerprint density at radius 3 is 2.75 bits per heavy atom. The Labute approximate surface area is 56.6 Å². The van der Waals surface area contributed by atoms with Crippen LogP contribution in [-0.2, 0) is 0 Å². The fourth-order valence-corrected chi connectivity index (χ4v) is 1.65.